The fraction of sp³-hybridized carbons (Fsp3) is 0.257. The van der Waals surface area contributed by atoms with E-state index in [4.69, 9.17) is 27.9 Å². The van der Waals surface area contributed by atoms with Gasteiger partial charge in [0.05, 0.1) is 17.7 Å². The highest BCUT2D eigenvalue weighted by Gasteiger charge is 2.35. The van der Waals surface area contributed by atoms with Gasteiger partial charge >= 0.3 is 0 Å². The van der Waals surface area contributed by atoms with E-state index >= 15 is 0 Å². The molecule has 0 unspecified atom stereocenters. The summed E-state index contributed by atoms with van der Waals surface area (Å²) in [5.41, 5.74) is 1.64. The molecule has 1 atom stereocenters. The van der Waals surface area contributed by atoms with Crippen LogP contribution in [0.4, 0.5) is 5.69 Å². The second kappa shape index (κ2) is 16.0. The van der Waals surface area contributed by atoms with Gasteiger partial charge in [-0.1, -0.05) is 91.6 Å². The Morgan fingerprint density at radius 3 is 2.17 bits per heavy atom. The van der Waals surface area contributed by atoms with Gasteiger partial charge in [0.1, 0.15) is 18.3 Å². The highest BCUT2D eigenvalue weighted by molar-refractivity contribution is 7.92. The van der Waals surface area contributed by atoms with E-state index in [2.05, 4.69) is 5.32 Å². The van der Waals surface area contributed by atoms with Crippen LogP contribution in [-0.4, -0.2) is 51.4 Å². The molecule has 0 saturated carbocycles. The maximum Gasteiger partial charge on any atom is 0.264 e. The molecule has 242 valence electrons. The molecule has 4 rings (SSSR count). The molecule has 8 nitrogen and oxygen atoms in total. The number of hydrogen-bond acceptors (Lipinski definition) is 5. The zero-order chi connectivity index (χ0) is 33.3. The number of carbonyl (C=O) groups is 2. The van der Waals surface area contributed by atoms with Crippen LogP contribution in [0.3, 0.4) is 0 Å². The van der Waals surface area contributed by atoms with Gasteiger partial charge in [-0.25, -0.2) is 8.42 Å². The zero-order valence-electron chi connectivity index (χ0n) is 25.9. The average molecular weight is 683 g/mol. The van der Waals surface area contributed by atoms with Crippen LogP contribution in [0, 0.1) is 5.92 Å². The SMILES string of the molecule is COc1ccc(S(=O)(=O)N(CC(=O)N(Cc2ccccc2Cl)[C@H](Cc2ccccc2)C(=O)NCC(C)C)c2cccc(Cl)c2)cc1. The standard InChI is InChI=1S/C35H37Cl2N3O5S/c1-25(2)22-38-35(42)33(20-26-10-5-4-6-11-26)39(23-27-12-7-8-15-32(27)37)34(41)24-40(29-14-9-13-28(36)21-29)46(43,44)31-18-16-30(45-3)17-19-31/h4-19,21,25,33H,20,22-24H2,1-3H3,(H,38,42)/t33-/m1/s1. The number of anilines is 1. The van der Waals surface area contributed by atoms with E-state index < -0.39 is 28.5 Å². The lowest BCUT2D eigenvalue weighted by Gasteiger charge is -2.34. The van der Waals surface area contributed by atoms with Gasteiger partial charge in [0.2, 0.25) is 11.8 Å². The summed E-state index contributed by atoms with van der Waals surface area (Å²) in [5, 5.41) is 3.68. The van der Waals surface area contributed by atoms with Crippen molar-refractivity contribution >= 4 is 50.7 Å². The zero-order valence-corrected chi connectivity index (χ0v) is 28.2. The third-order valence-corrected chi connectivity index (χ3v) is 9.67. The van der Waals surface area contributed by atoms with Gasteiger partial charge in [-0.3, -0.25) is 13.9 Å². The number of nitrogens with one attached hydrogen (secondary N) is 1. The van der Waals surface area contributed by atoms with E-state index in [1.165, 1.54) is 42.3 Å². The average Bonchev–Trinajstić information content (AvgIpc) is 3.05. The molecule has 0 aliphatic carbocycles. The molecule has 0 aliphatic rings. The van der Waals surface area contributed by atoms with Gasteiger partial charge in [-0.05, 0) is 65.6 Å². The summed E-state index contributed by atoms with van der Waals surface area (Å²) < 4.78 is 34.5. The van der Waals surface area contributed by atoms with E-state index in [9.17, 15) is 18.0 Å². The molecular weight excluding hydrogens is 645 g/mol. The molecule has 0 spiro atoms. The number of ether oxygens (including phenoxy) is 1. The van der Waals surface area contributed by atoms with Crippen molar-refractivity contribution in [3.63, 3.8) is 0 Å². The Hall–Kier alpha value is -4.05. The van der Waals surface area contributed by atoms with Gasteiger partial charge in [-0.15, -0.1) is 0 Å². The number of methoxy groups -OCH3 is 1. The normalized spacial score (nSPS) is 12.0. The Balaban J connectivity index is 1.81. The Labute approximate surface area is 280 Å². The molecule has 0 fully saturated rings. The number of sulfonamides is 1. The summed E-state index contributed by atoms with van der Waals surface area (Å²) in [4.78, 5) is 29.7. The third-order valence-electron chi connectivity index (χ3n) is 7.28. The van der Waals surface area contributed by atoms with Crippen LogP contribution in [0.2, 0.25) is 10.0 Å². The number of halogens is 2. The topological polar surface area (TPSA) is 96.0 Å². The fourth-order valence-electron chi connectivity index (χ4n) is 4.82. The summed E-state index contributed by atoms with van der Waals surface area (Å²) >= 11 is 12.8. The summed E-state index contributed by atoms with van der Waals surface area (Å²) in [7, 11) is -2.80. The van der Waals surface area contributed by atoms with Gasteiger partial charge in [-0.2, -0.15) is 0 Å². The molecule has 1 N–H and O–H groups in total. The summed E-state index contributed by atoms with van der Waals surface area (Å²) in [6.45, 7) is 3.72. The minimum atomic E-state index is -4.29. The van der Waals surface area contributed by atoms with Gasteiger partial charge in [0.15, 0.2) is 0 Å². The Bertz CT molecular complexity index is 1730. The van der Waals surface area contributed by atoms with E-state index in [1.807, 2.05) is 44.2 Å². The van der Waals surface area contributed by atoms with Crippen molar-refractivity contribution in [2.75, 3.05) is 24.5 Å². The number of hydrogen-bond donors (Lipinski definition) is 1. The minimum Gasteiger partial charge on any atom is -0.497 e. The Morgan fingerprint density at radius 2 is 1.54 bits per heavy atom. The van der Waals surface area contributed by atoms with Crippen LogP contribution in [0.5, 0.6) is 5.75 Å². The van der Waals surface area contributed by atoms with E-state index in [0.29, 0.717) is 27.9 Å². The second-order valence-electron chi connectivity index (χ2n) is 11.1. The van der Waals surface area contributed by atoms with Crippen molar-refractivity contribution in [3.05, 3.63) is 124 Å². The molecule has 0 saturated heterocycles. The summed E-state index contributed by atoms with van der Waals surface area (Å²) in [6.07, 6.45) is 0.198. The van der Waals surface area contributed by atoms with E-state index in [-0.39, 0.29) is 35.4 Å². The van der Waals surface area contributed by atoms with Crippen molar-refractivity contribution in [1.29, 1.82) is 0 Å². The monoisotopic (exact) mass is 681 g/mol. The predicted molar refractivity (Wildman–Crippen MR) is 183 cm³/mol. The van der Waals surface area contributed by atoms with E-state index in [1.54, 1.807) is 42.5 Å². The van der Waals surface area contributed by atoms with Crippen molar-refractivity contribution in [1.82, 2.24) is 10.2 Å². The molecule has 0 aromatic heterocycles. The third kappa shape index (κ3) is 9.02. The number of amides is 2. The maximum absolute atomic E-state index is 14.5. The van der Waals surface area contributed by atoms with E-state index in [0.717, 1.165) is 9.87 Å². The minimum absolute atomic E-state index is 0.0307. The van der Waals surface area contributed by atoms with Crippen LogP contribution >= 0.6 is 23.2 Å². The highest BCUT2D eigenvalue weighted by Crippen LogP contribution is 2.28. The number of rotatable bonds is 14. The number of benzene rings is 4. The molecule has 0 heterocycles. The first-order chi connectivity index (χ1) is 22.0. The molecular formula is C35H37Cl2N3O5S. The quantitative estimate of drug-likeness (QED) is 0.162. The summed E-state index contributed by atoms with van der Waals surface area (Å²) in [5.74, 6) is -0.309. The predicted octanol–water partition coefficient (Wildman–Crippen LogP) is 6.61. The van der Waals surface area contributed by atoms with Crippen molar-refractivity contribution < 1.29 is 22.7 Å². The van der Waals surface area contributed by atoms with Crippen LogP contribution < -0.4 is 14.4 Å². The molecule has 2 amide bonds. The van der Waals surface area contributed by atoms with Gasteiger partial charge < -0.3 is 15.0 Å². The molecule has 11 heteroatoms. The second-order valence-corrected chi connectivity index (χ2v) is 13.8. The molecule has 46 heavy (non-hydrogen) atoms. The van der Waals surface area contributed by atoms with Crippen molar-refractivity contribution in [2.45, 2.75) is 37.8 Å². The molecule has 4 aromatic rings. The maximum atomic E-state index is 14.5. The Morgan fingerprint density at radius 1 is 0.870 bits per heavy atom. The lowest BCUT2D eigenvalue weighted by molar-refractivity contribution is -0.140. The Kier molecular flexibility index (Phi) is 12.1. The smallest absolute Gasteiger partial charge is 0.264 e. The molecule has 0 radical (unpaired) electrons. The lowest BCUT2D eigenvalue weighted by Crippen LogP contribution is -2.53. The van der Waals surface area contributed by atoms with Gasteiger partial charge in [0.25, 0.3) is 10.0 Å². The fourth-order valence-corrected chi connectivity index (χ4v) is 6.61. The first kappa shape index (κ1) is 34.8. The van der Waals surface area contributed by atoms with Crippen LogP contribution in [-0.2, 0) is 32.6 Å². The largest absolute Gasteiger partial charge is 0.497 e. The van der Waals surface area contributed by atoms with Crippen molar-refractivity contribution in [2.24, 2.45) is 5.92 Å². The molecule has 4 aromatic carbocycles. The number of nitrogens with zero attached hydrogens (tertiary/aromatic N) is 2. The van der Waals surface area contributed by atoms with Crippen LogP contribution in [0.25, 0.3) is 0 Å². The first-order valence-corrected chi connectivity index (χ1v) is 17.0. The molecule has 0 bridgehead atoms. The first-order valence-electron chi connectivity index (χ1n) is 14.8. The number of carbonyl (C=O) groups excluding carboxylic acids is 2. The lowest BCUT2D eigenvalue weighted by atomic mass is 10.0. The summed E-state index contributed by atoms with van der Waals surface area (Å²) in [6, 6.07) is 27.6. The molecule has 0 aliphatic heterocycles. The van der Waals surface area contributed by atoms with Crippen LogP contribution in [0.15, 0.2) is 108 Å². The van der Waals surface area contributed by atoms with Crippen molar-refractivity contribution in [3.8, 4) is 5.75 Å². The highest BCUT2D eigenvalue weighted by atomic mass is 35.5. The van der Waals surface area contributed by atoms with Crippen LogP contribution in [0.1, 0.15) is 25.0 Å². The van der Waals surface area contributed by atoms with Gasteiger partial charge in [0, 0.05) is 29.6 Å².